The molecule has 2 rings (SSSR count). The van der Waals surface area contributed by atoms with E-state index in [1.165, 1.54) is 12.1 Å². The van der Waals surface area contributed by atoms with Crippen LogP contribution in [0.2, 0.25) is 0 Å². The largest absolute Gasteiger partial charge is 0.486 e. The highest BCUT2D eigenvalue weighted by Gasteiger charge is 2.28. The molecule has 0 aliphatic carbocycles. The van der Waals surface area contributed by atoms with Crippen LogP contribution in [0.4, 0.5) is 5.69 Å². The average Bonchev–Trinajstić information content (AvgIpc) is 2.43. The van der Waals surface area contributed by atoms with Crippen molar-refractivity contribution in [2.24, 2.45) is 0 Å². The maximum atomic E-state index is 11.1. The Balaban J connectivity index is 2.65. The van der Waals surface area contributed by atoms with Crippen LogP contribution in [-0.4, -0.2) is 22.6 Å². The lowest BCUT2D eigenvalue weighted by molar-refractivity contribution is -0.425. The summed E-state index contributed by atoms with van der Waals surface area (Å²) in [7, 11) is 0. The number of nitrogens with zero attached hydrogens (tertiary/aromatic N) is 2. The minimum absolute atomic E-state index is 0.0272. The first-order valence-corrected chi connectivity index (χ1v) is 6.23. The Labute approximate surface area is 120 Å². The van der Waals surface area contributed by atoms with Crippen LogP contribution < -0.4 is 9.47 Å². The maximum Gasteiger partial charge on any atom is 0.280 e. The Bertz CT molecular complexity index is 625. The van der Waals surface area contributed by atoms with Crippen LogP contribution in [0.5, 0.6) is 11.5 Å². The predicted octanol–water partition coefficient (Wildman–Crippen LogP) is 2.60. The first kappa shape index (κ1) is 14.8. The lowest BCUT2D eigenvalue weighted by atomic mass is 10.1. The van der Waals surface area contributed by atoms with Crippen molar-refractivity contribution in [3.8, 4) is 11.5 Å². The second kappa shape index (κ2) is 5.78. The third kappa shape index (κ3) is 2.93. The SMILES string of the molecule is [CH2][C@@H]1COc2ccc([N+](=O)[O-])c(C=C(CC)[N+](=O)[O-])c2O1. The molecule has 0 bridgehead atoms. The second-order valence-corrected chi connectivity index (χ2v) is 4.38. The summed E-state index contributed by atoms with van der Waals surface area (Å²) >= 11 is 0. The molecule has 1 radical (unpaired) electrons. The van der Waals surface area contributed by atoms with Crippen LogP contribution in [0.25, 0.3) is 6.08 Å². The summed E-state index contributed by atoms with van der Waals surface area (Å²) in [5.41, 5.74) is -0.403. The van der Waals surface area contributed by atoms with E-state index in [2.05, 4.69) is 6.92 Å². The second-order valence-electron chi connectivity index (χ2n) is 4.38. The number of hydrogen-bond acceptors (Lipinski definition) is 6. The van der Waals surface area contributed by atoms with E-state index in [1.54, 1.807) is 6.92 Å². The van der Waals surface area contributed by atoms with Gasteiger partial charge in [-0.15, -0.1) is 0 Å². The fourth-order valence-electron chi connectivity index (χ4n) is 1.94. The summed E-state index contributed by atoms with van der Waals surface area (Å²) in [6.07, 6.45) is 0.744. The van der Waals surface area contributed by atoms with Gasteiger partial charge in [0, 0.05) is 18.6 Å². The summed E-state index contributed by atoms with van der Waals surface area (Å²) in [6.45, 7) is 5.48. The number of nitro benzene ring substituents is 1. The van der Waals surface area contributed by atoms with Gasteiger partial charge in [0.15, 0.2) is 11.5 Å². The molecule has 1 heterocycles. The van der Waals surface area contributed by atoms with Gasteiger partial charge in [0.25, 0.3) is 5.69 Å². The first-order chi connectivity index (χ1) is 9.93. The topological polar surface area (TPSA) is 105 Å². The highest BCUT2D eigenvalue weighted by Crippen LogP contribution is 2.41. The van der Waals surface area contributed by atoms with Crippen molar-refractivity contribution in [1.82, 2.24) is 0 Å². The van der Waals surface area contributed by atoms with Crippen molar-refractivity contribution < 1.29 is 19.3 Å². The van der Waals surface area contributed by atoms with Crippen molar-refractivity contribution in [2.75, 3.05) is 6.61 Å². The van der Waals surface area contributed by atoms with E-state index in [0.717, 1.165) is 6.08 Å². The van der Waals surface area contributed by atoms with Crippen LogP contribution >= 0.6 is 0 Å². The van der Waals surface area contributed by atoms with Gasteiger partial charge in [-0.05, 0) is 13.0 Å². The summed E-state index contributed by atoms with van der Waals surface area (Å²) in [5, 5.41) is 22.1. The molecule has 0 fully saturated rings. The van der Waals surface area contributed by atoms with Gasteiger partial charge in [-0.1, -0.05) is 6.92 Å². The minimum atomic E-state index is -0.616. The lowest BCUT2D eigenvalue weighted by Crippen LogP contribution is -2.26. The Morgan fingerprint density at radius 3 is 2.76 bits per heavy atom. The lowest BCUT2D eigenvalue weighted by Gasteiger charge is -2.24. The molecule has 1 aromatic rings. The molecule has 0 saturated heterocycles. The van der Waals surface area contributed by atoms with E-state index in [-0.39, 0.29) is 35.7 Å². The number of ether oxygens (including phenoxy) is 2. The maximum absolute atomic E-state index is 11.1. The van der Waals surface area contributed by atoms with Gasteiger partial charge in [0.05, 0.1) is 9.85 Å². The van der Waals surface area contributed by atoms with E-state index in [4.69, 9.17) is 9.47 Å². The smallest absolute Gasteiger partial charge is 0.280 e. The Morgan fingerprint density at radius 1 is 1.48 bits per heavy atom. The van der Waals surface area contributed by atoms with Crippen molar-refractivity contribution in [3.63, 3.8) is 0 Å². The van der Waals surface area contributed by atoms with Gasteiger partial charge in [-0.25, -0.2) is 0 Å². The fourth-order valence-corrected chi connectivity index (χ4v) is 1.94. The summed E-state index contributed by atoms with van der Waals surface area (Å²) in [6, 6.07) is 2.65. The number of benzene rings is 1. The molecule has 1 aliphatic rings. The Kier molecular flexibility index (Phi) is 4.06. The number of nitro groups is 2. The molecule has 1 aromatic carbocycles. The molecule has 0 amide bonds. The fraction of sp³-hybridized carbons (Fsp3) is 0.308. The van der Waals surface area contributed by atoms with Crippen LogP contribution in [0.3, 0.4) is 0 Å². The van der Waals surface area contributed by atoms with Gasteiger partial charge < -0.3 is 9.47 Å². The molecule has 0 unspecified atom stereocenters. The van der Waals surface area contributed by atoms with Gasteiger partial charge in [-0.3, -0.25) is 20.2 Å². The highest BCUT2D eigenvalue weighted by atomic mass is 16.6. The van der Waals surface area contributed by atoms with E-state index in [0.29, 0.717) is 5.75 Å². The van der Waals surface area contributed by atoms with Crippen molar-refractivity contribution in [3.05, 3.63) is 50.5 Å². The molecule has 0 saturated carbocycles. The minimum Gasteiger partial charge on any atom is -0.486 e. The Morgan fingerprint density at radius 2 is 2.19 bits per heavy atom. The Hall–Kier alpha value is -2.64. The molecular formula is C13H13N2O6. The van der Waals surface area contributed by atoms with E-state index in [1.807, 2.05) is 0 Å². The molecule has 0 spiro atoms. The van der Waals surface area contributed by atoms with Crippen molar-refractivity contribution >= 4 is 11.8 Å². The first-order valence-electron chi connectivity index (χ1n) is 6.23. The molecule has 0 aromatic heterocycles. The van der Waals surface area contributed by atoms with E-state index >= 15 is 0 Å². The van der Waals surface area contributed by atoms with E-state index in [9.17, 15) is 20.2 Å². The monoisotopic (exact) mass is 293 g/mol. The number of fused-ring (bicyclic) bond motifs is 1. The van der Waals surface area contributed by atoms with Crippen LogP contribution in [-0.2, 0) is 0 Å². The summed E-state index contributed by atoms with van der Waals surface area (Å²) < 4.78 is 10.8. The van der Waals surface area contributed by atoms with Gasteiger partial charge >= 0.3 is 0 Å². The zero-order valence-corrected chi connectivity index (χ0v) is 11.3. The van der Waals surface area contributed by atoms with E-state index < -0.39 is 16.0 Å². The standard InChI is InChI=1S/C13H13N2O6/c1-3-9(14(16)17)6-10-11(15(18)19)4-5-12-13(10)21-8(2)7-20-12/h4-6,8H,2-3,7H2,1H3/t8-/m1/s1. The van der Waals surface area contributed by atoms with Crippen molar-refractivity contribution in [2.45, 2.75) is 19.4 Å². The molecular weight excluding hydrogens is 280 g/mol. The van der Waals surface area contributed by atoms with Gasteiger partial charge in [-0.2, -0.15) is 0 Å². The van der Waals surface area contributed by atoms with Crippen molar-refractivity contribution in [1.29, 1.82) is 0 Å². The summed E-state index contributed by atoms with van der Waals surface area (Å²) in [4.78, 5) is 20.9. The molecule has 21 heavy (non-hydrogen) atoms. The number of hydrogen-bond donors (Lipinski definition) is 0. The quantitative estimate of drug-likeness (QED) is 0.624. The molecule has 1 atom stereocenters. The number of rotatable bonds is 4. The molecule has 1 aliphatic heterocycles. The van der Waals surface area contributed by atoms with Gasteiger partial charge in [0.2, 0.25) is 5.70 Å². The molecule has 111 valence electrons. The zero-order chi connectivity index (χ0) is 15.6. The van der Waals surface area contributed by atoms with Crippen LogP contribution in [0.15, 0.2) is 17.8 Å². The third-order valence-corrected chi connectivity index (χ3v) is 2.95. The molecule has 8 heteroatoms. The third-order valence-electron chi connectivity index (χ3n) is 2.95. The van der Waals surface area contributed by atoms with Gasteiger partial charge in [0.1, 0.15) is 18.3 Å². The zero-order valence-electron chi connectivity index (χ0n) is 11.3. The average molecular weight is 293 g/mol. The van der Waals surface area contributed by atoms with Crippen LogP contribution in [0.1, 0.15) is 18.9 Å². The summed E-state index contributed by atoms with van der Waals surface area (Å²) in [5.74, 6) is 0.425. The predicted molar refractivity (Wildman–Crippen MR) is 73.6 cm³/mol. The molecule has 0 N–H and O–H groups in total. The number of allylic oxidation sites excluding steroid dienone is 1. The molecule has 8 nitrogen and oxygen atoms in total. The highest BCUT2D eigenvalue weighted by molar-refractivity contribution is 5.72. The normalized spacial score (nSPS) is 17.4. The van der Waals surface area contributed by atoms with Crippen LogP contribution in [0, 0.1) is 27.2 Å².